The van der Waals surface area contributed by atoms with E-state index >= 15 is 4.57 Å². The highest BCUT2D eigenvalue weighted by molar-refractivity contribution is 7.96. The first-order chi connectivity index (χ1) is 20.9. The van der Waals surface area contributed by atoms with Crippen molar-refractivity contribution in [1.82, 2.24) is 0 Å². The minimum Gasteiger partial charge on any atom is -0.306 e. The average molecular weight is 667 g/mol. The fraction of sp³-hybridized carbons (Fsp3) is 0.400. The van der Waals surface area contributed by atoms with E-state index in [0.29, 0.717) is 17.2 Å². The second-order valence-electron chi connectivity index (χ2n) is 13.0. The van der Waals surface area contributed by atoms with Crippen LogP contribution in [0.4, 0.5) is 26.3 Å². The minimum atomic E-state index is -5.69. The summed E-state index contributed by atoms with van der Waals surface area (Å²) in [5, 5.41) is 0. The zero-order valence-corrected chi connectivity index (χ0v) is 28.0. The number of carbonyl (C=O) groups is 3. The van der Waals surface area contributed by atoms with Crippen molar-refractivity contribution in [3.8, 4) is 0 Å². The van der Waals surface area contributed by atoms with Gasteiger partial charge in [-0.3, -0.25) is 14.4 Å². The average Bonchev–Trinajstić information content (AvgIpc) is 2.89. The molecule has 0 heterocycles. The molecule has 0 saturated carbocycles. The Morgan fingerprint density at radius 1 is 0.630 bits per heavy atom. The lowest BCUT2D eigenvalue weighted by Crippen LogP contribution is -2.35. The molecule has 0 aliphatic rings. The molecule has 0 radical (unpaired) electrons. The van der Waals surface area contributed by atoms with Gasteiger partial charge in [0.15, 0.2) is 5.78 Å². The molecule has 0 fully saturated rings. The van der Waals surface area contributed by atoms with Crippen LogP contribution in [0.5, 0.6) is 0 Å². The van der Waals surface area contributed by atoms with E-state index in [-0.39, 0.29) is 39.8 Å². The highest BCUT2D eigenvalue weighted by Crippen LogP contribution is 2.61. The van der Waals surface area contributed by atoms with Crippen LogP contribution in [0.1, 0.15) is 105 Å². The molecule has 0 aromatic heterocycles. The molecule has 0 saturated heterocycles. The van der Waals surface area contributed by atoms with Crippen molar-refractivity contribution in [1.29, 1.82) is 0 Å². The van der Waals surface area contributed by atoms with E-state index in [2.05, 4.69) is 0 Å². The third-order valence-electron chi connectivity index (χ3n) is 8.12. The summed E-state index contributed by atoms with van der Waals surface area (Å²) in [6, 6.07) is 8.84. The van der Waals surface area contributed by atoms with E-state index in [1.165, 1.54) is 39.8 Å². The van der Waals surface area contributed by atoms with Gasteiger partial charge in [-0.2, -0.15) is 26.3 Å². The van der Waals surface area contributed by atoms with Gasteiger partial charge in [0.1, 0.15) is 0 Å². The first kappa shape index (κ1) is 36.9. The first-order valence-corrected chi connectivity index (χ1v) is 16.3. The smallest absolute Gasteiger partial charge is 0.306 e. The molecule has 0 aliphatic heterocycles. The molecular formula is C35H37F6O4P. The number of hydrogen-bond donors (Lipinski definition) is 0. The molecule has 2 atom stereocenters. The summed E-state index contributed by atoms with van der Waals surface area (Å²) in [7, 11) is -5.69. The Kier molecular flexibility index (Phi) is 10.1. The monoisotopic (exact) mass is 666 g/mol. The van der Waals surface area contributed by atoms with Crippen molar-refractivity contribution in [2.45, 2.75) is 85.7 Å². The van der Waals surface area contributed by atoms with Gasteiger partial charge in [0, 0.05) is 11.1 Å². The van der Waals surface area contributed by atoms with E-state index in [1.54, 1.807) is 32.0 Å². The van der Waals surface area contributed by atoms with E-state index in [4.69, 9.17) is 0 Å². The maximum Gasteiger partial charge on any atom is 0.417 e. The summed E-state index contributed by atoms with van der Waals surface area (Å²) in [5.41, 5.74) is -10.3. The normalized spacial score (nSPS) is 14.6. The van der Waals surface area contributed by atoms with Gasteiger partial charge in [-0.15, -0.1) is 0 Å². The molecule has 2 unspecified atom stereocenters. The van der Waals surface area contributed by atoms with Crippen molar-refractivity contribution in [3.05, 3.63) is 104 Å². The topological polar surface area (TPSA) is 68.3 Å². The SMILES string of the molecule is Cc1cc(C(C)(C)C)cc(C)c1C(=O)C(C(C)C)P(=O)(C(=O)c1c(C)cccc1C)C(=O)c1c(C(F)(F)F)cccc1C(F)(F)F. The third-order valence-corrected chi connectivity index (χ3v) is 11.4. The standard InChI is InChI=1S/C35H37F6O4P/c1-18(2)30(29(42)26-21(5)16-23(17-22(26)6)33(7,8)9)46(45,31(43)27-19(3)12-10-13-20(27)4)32(44)28-24(34(36,37)38)14-11-15-25(28)35(39,40)41/h10-18,30H,1-9H3. The molecule has 0 spiro atoms. The van der Waals surface area contributed by atoms with Crippen LogP contribution in [0.3, 0.4) is 0 Å². The number of ketones is 1. The number of aryl methyl sites for hydroxylation is 4. The molecule has 0 N–H and O–H groups in total. The Balaban J connectivity index is 2.53. The molecule has 3 aromatic carbocycles. The van der Waals surface area contributed by atoms with Crippen molar-refractivity contribution in [2.24, 2.45) is 5.92 Å². The number of carbonyl (C=O) groups excluding carboxylic acids is 3. The lowest BCUT2D eigenvalue weighted by Gasteiger charge is -2.31. The number of halogens is 6. The van der Waals surface area contributed by atoms with Gasteiger partial charge in [-0.1, -0.05) is 71.0 Å². The Hall–Kier alpha value is -3.52. The van der Waals surface area contributed by atoms with Gasteiger partial charge in [0.25, 0.3) is 0 Å². The fourth-order valence-electron chi connectivity index (χ4n) is 5.90. The van der Waals surface area contributed by atoms with E-state index in [1.807, 2.05) is 20.8 Å². The Labute approximate surface area is 265 Å². The summed E-state index contributed by atoms with van der Waals surface area (Å²) >= 11 is 0. The second-order valence-corrected chi connectivity index (χ2v) is 15.7. The van der Waals surface area contributed by atoms with Crippen molar-refractivity contribution < 1.29 is 45.3 Å². The Morgan fingerprint density at radius 2 is 1.02 bits per heavy atom. The number of alkyl halides is 6. The summed E-state index contributed by atoms with van der Waals surface area (Å²) in [6.45, 7) is 14.6. The lowest BCUT2D eigenvalue weighted by atomic mass is 9.82. The van der Waals surface area contributed by atoms with Crippen LogP contribution in [-0.4, -0.2) is 22.5 Å². The van der Waals surface area contributed by atoms with Crippen molar-refractivity contribution >= 4 is 24.0 Å². The maximum absolute atomic E-state index is 15.4. The zero-order chi connectivity index (χ0) is 35.3. The third kappa shape index (κ3) is 6.78. The molecule has 11 heteroatoms. The maximum atomic E-state index is 15.4. The highest BCUT2D eigenvalue weighted by Gasteiger charge is 2.56. The summed E-state index contributed by atoms with van der Waals surface area (Å²) in [5.74, 6) is -2.09. The second kappa shape index (κ2) is 12.6. The molecule has 0 amide bonds. The van der Waals surface area contributed by atoms with Crippen LogP contribution >= 0.6 is 7.14 Å². The van der Waals surface area contributed by atoms with E-state index in [0.717, 1.165) is 5.56 Å². The zero-order valence-electron chi connectivity index (χ0n) is 27.1. The number of Topliss-reactive ketones (excluding diaryl/α,β-unsaturated/α-hetero) is 1. The van der Waals surface area contributed by atoms with E-state index in [9.17, 15) is 40.7 Å². The summed E-state index contributed by atoms with van der Waals surface area (Å²) < 4.78 is 101. The Bertz CT molecular complexity index is 1680. The summed E-state index contributed by atoms with van der Waals surface area (Å²) in [4.78, 5) is 43.4. The molecule has 0 aliphatic carbocycles. The predicted molar refractivity (Wildman–Crippen MR) is 166 cm³/mol. The van der Waals surface area contributed by atoms with Gasteiger partial charge < -0.3 is 4.57 Å². The minimum absolute atomic E-state index is 0.00539. The van der Waals surface area contributed by atoms with Crippen molar-refractivity contribution in [3.63, 3.8) is 0 Å². The lowest BCUT2D eigenvalue weighted by molar-refractivity contribution is -0.143. The van der Waals surface area contributed by atoms with Gasteiger partial charge >= 0.3 is 12.4 Å². The number of rotatable bonds is 8. The van der Waals surface area contributed by atoms with Crippen LogP contribution in [0, 0.1) is 33.6 Å². The molecule has 248 valence electrons. The summed E-state index contributed by atoms with van der Waals surface area (Å²) in [6.07, 6.45) is -11.0. The molecule has 0 bridgehead atoms. The van der Waals surface area contributed by atoms with Crippen LogP contribution < -0.4 is 0 Å². The molecule has 46 heavy (non-hydrogen) atoms. The molecular weight excluding hydrogens is 629 g/mol. The molecule has 3 rings (SSSR count). The first-order valence-electron chi connectivity index (χ1n) is 14.6. The van der Waals surface area contributed by atoms with E-state index < -0.39 is 64.6 Å². The number of benzene rings is 3. The molecule has 4 nitrogen and oxygen atoms in total. The predicted octanol–water partition coefficient (Wildman–Crippen LogP) is 10.5. The van der Waals surface area contributed by atoms with Gasteiger partial charge in [-0.25, -0.2) is 0 Å². The highest BCUT2D eigenvalue weighted by atomic mass is 31.2. The number of hydrogen-bond acceptors (Lipinski definition) is 4. The van der Waals surface area contributed by atoms with Crippen LogP contribution in [-0.2, 0) is 22.3 Å². The van der Waals surface area contributed by atoms with Gasteiger partial charge in [-0.05, 0) is 79.0 Å². The van der Waals surface area contributed by atoms with Crippen LogP contribution in [0.25, 0.3) is 0 Å². The van der Waals surface area contributed by atoms with Crippen LogP contribution in [0.2, 0.25) is 0 Å². The van der Waals surface area contributed by atoms with Gasteiger partial charge in [0.2, 0.25) is 18.2 Å². The quantitative estimate of drug-likeness (QED) is 0.136. The van der Waals surface area contributed by atoms with Crippen molar-refractivity contribution in [2.75, 3.05) is 0 Å². The van der Waals surface area contributed by atoms with Gasteiger partial charge in [0.05, 0.1) is 22.3 Å². The Morgan fingerprint density at radius 3 is 1.39 bits per heavy atom. The fourth-order valence-corrected chi connectivity index (χ4v) is 9.15. The largest absolute Gasteiger partial charge is 0.417 e. The van der Waals surface area contributed by atoms with Crippen LogP contribution in [0.15, 0.2) is 48.5 Å². The molecule has 3 aromatic rings.